The van der Waals surface area contributed by atoms with Crippen molar-refractivity contribution in [2.75, 3.05) is 38.7 Å². The lowest BCUT2D eigenvalue weighted by Crippen LogP contribution is -2.30. The molecule has 12 nitrogen and oxygen atoms in total. The average Bonchev–Trinajstić information content (AvgIpc) is 3.66. The molecule has 7 rings (SSSR count). The van der Waals surface area contributed by atoms with Crippen molar-refractivity contribution in [3.63, 3.8) is 0 Å². The van der Waals surface area contributed by atoms with Gasteiger partial charge in [0.25, 0.3) is 11.8 Å². The van der Waals surface area contributed by atoms with Gasteiger partial charge in [-0.15, -0.1) is 0 Å². The highest BCUT2D eigenvalue weighted by molar-refractivity contribution is 5.97. The van der Waals surface area contributed by atoms with Gasteiger partial charge in [-0.2, -0.15) is 5.10 Å². The highest BCUT2D eigenvalue weighted by Crippen LogP contribution is 2.33. The van der Waals surface area contributed by atoms with Crippen LogP contribution in [-0.4, -0.2) is 71.0 Å². The Hall–Kier alpha value is -5.33. The molecule has 0 radical (unpaired) electrons. The van der Waals surface area contributed by atoms with Crippen LogP contribution in [0.5, 0.6) is 5.75 Å². The van der Waals surface area contributed by atoms with E-state index in [1.807, 2.05) is 29.9 Å². The van der Waals surface area contributed by atoms with E-state index in [0.717, 1.165) is 82.8 Å². The number of pyridine rings is 2. The molecule has 2 fully saturated rings. The maximum atomic E-state index is 13.6. The molecule has 2 aliphatic heterocycles. The summed E-state index contributed by atoms with van der Waals surface area (Å²) in [5.41, 5.74) is 8.22. The van der Waals surface area contributed by atoms with Crippen molar-refractivity contribution in [3.8, 4) is 16.9 Å². The molecule has 2 saturated heterocycles. The van der Waals surface area contributed by atoms with Crippen molar-refractivity contribution in [2.45, 2.75) is 78.0 Å². The van der Waals surface area contributed by atoms with Crippen molar-refractivity contribution in [1.82, 2.24) is 35.7 Å². The number of carbonyl (C=O) groups is 2. The molecular weight excluding hydrogens is 693 g/mol. The highest BCUT2D eigenvalue weighted by atomic mass is 16.5. The maximum Gasteiger partial charge on any atom is 0.270 e. The minimum atomic E-state index is -0.375. The number of aromatic nitrogens is 4. The molecule has 2 aromatic carbocycles. The van der Waals surface area contributed by atoms with Crippen LogP contribution < -0.4 is 26.0 Å². The lowest BCUT2D eigenvalue weighted by Gasteiger charge is -2.26. The predicted octanol–water partition coefficient (Wildman–Crippen LogP) is 6.08. The van der Waals surface area contributed by atoms with E-state index in [2.05, 4.69) is 68.6 Å². The molecule has 0 saturated carbocycles. The third-order valence-corrected chi connectivity index (χ3v) is 10.8. The summed E-state index contributed by atoms with van der Waals surface area (Å²) in [6.07, 6.45) is 7.78. The second-order valence-electron chi connectivity index (χ2n) is 14.4. The molecule has 5 aromatic rings. The van der Waals surface area contributed by atoms with E-state index in [1.54, 1.807) is 25.3 Å². The van der Waals surface area contributed by atoms with E-state index < -0.39 is 0 Å². The first-order chi connectivity index (χ1) is 26.9. The molecule has 288 valence electrons. The zero-order chi connectivity index (χ0) is 38.1. The highest BCUT2D eigenvalue weighted by Gasteiger charge is 2.23. The number of benzene rings is 2. The van der Waals surface area contributed by atoms with Crippen molar-refractivity contribution in [2.24, 2.45) is 5.92 Å². The summed E-state index contributed by atoms with van der Waals surface area (Å²) in [6.45, 7) is 8.92. The summed E-state index contributed by atoms with van der Waals surface area (Å²) in [5.74, 6) is 0.725. The third-order valence-electron chi connectivity index (χ3n) is 10.8. The Balaban J connectivity index is 1.03. The predicted molar refractivity (Wildman–Crippen MR) is 214 cm³/mol. The third kappa shape index (κ3) is 8.98. The van der Waals surface area contributed by atoms with Gasteiger partial charge in [-0.05, 0) is 105 Å². The Labute approximate surface area is 322 Å². The molecule has 55 heavy (non-hydrogen) atoms. The largest absolute Gasteiger partial charge is 0.496 e. The second kappa shape index (κ2) is 17.9. The Kier molecular flexibility index (Phi) is 12.3. The van der Waals surface area contributed by atoms with Crippen molar-refractivity contribution < 1.29 is 19.1 Å². The first-order valence-corrected chi connectivity index (χ1v) is 19.7. The van der Waals surface area contributed by atoms with Gasteiger partial charge in [0.15, 0.2) is 5.65 Å². The summed E-state index contributed by atoms with van der Waals surface area (Å²) >= 11 is 0. The van der Waals surface area contributed by atoms with E-state index in [4.69, 9.17) is 14.5 Å². The zero-order valence-electron chi connectivity index (χ0n) is 32.1. The van der Waals surface area contributed by atoms with Gasteiger partial charge >= 0.3 is 0 Å². The lowest BCUT2D eigenvalue weighted by atomic mass is 9.89. The molecule has 3 aromatic heterocycles. The minimum Gasteiger partial charge on any atom is -0.496 e. The number of amides is 2. The average molecular weight is 745 g/mol. The summed E-state index contributed by atoms with van der Waals surface area (Å²) in [6, 6.07) is 19.8. The van der Waals surface area contributed by atoms with Gasteiger partial charge in [-0.25, -0.2) is 14.6 Å². The van der Waals surface area contributed by atoms with Crippen LogP contribution in [-0.2, 0) is 37.2 Å². The molecule has 0 bridgehead atoms. The fourth-order valence-corrected chi connectivity index (χ4v) is 7.70. The van der Waals surface area contributed by atoms with E-state index in [1.165, 1.54) is 18.4 Å². The van der Waals surface area contributed by atoms with Crippen LogP contribution in [0.25, 0.3) is 22.2 Å². The standard InChI is InChI=1S/C43H52N8O4/c1-4-36-34(40(48-32-16-20-55-21-17-32)35-27-47-51(5-2)41(35)50-36)26-46-43(53)38-11-7-10-37(49-38)42(52)45-25-30-12-13-39(54-3)33(24-30)31-9-6-8-29(23-31)22-28-14-18-44-19-15-28/h6-13,23-24,27-28,32,44H,4-5,14-22,25-26H2,1-3H3,(H,45,52)(H,46,53)(H,48,50). The van der Waals surface area contributed by atoms with Gasteiger partial charge in [0, 0.05) is 55.7 Å². The van der Waals surface area contributed by atoms with Gasteiger partial charge in [-0.1, -0.05) is 43.3 Å². The van der Waals surface area contributed by atoms with Gasteiger partial charge in [0.1, 0.15) is 17.1 Å². The smallest absolute Gasteiger partial charge is 0.270 e. The van der Waals surface area contributed by atoms with Crippen molar-refractivity contribution >= 4 is 28.5 Å². The van der Waals surface area contributed by atoms with Gasteiger partial charge in [-0.3, -0.25) is 9.59 Å². The Morgan fingerprint density at radius 2 is 1.64 bits per heavy atom. The molecule has 0 spiro atoms. The van der Waals surface area contributed by atoms with Crippen LogP contribution in [0.4, 0.5) is 5.69 Å². The fourth-order valence-electron chi connectivity index (χ4n) is 7.70. The van der Waals surface area contributed by atoms with Crippen molar-refractivity contribution in [3.05, 3.63) is 101 Å². The number of piperidine rings is 1. The number of nitrogens with one attached hydrogen (secondary N) is 4. The van der Waals surface area contributed by atoms with Crippen LogP contribution in [0.15, 0.2) is 66.9 Å². The first kappa shape index (κ1) is 38.0. The zero-order valence-corrected chi connectivity index (χ0v) is 32.1. The number of fused-ring (bicyclic) bond motifs is 1. The Bertz CT molecular complexity index is 2120. The van der Waals surface area contributed by atoms with Crippen LogP contribution in [0, 0.1) is 5.92 Å². The summed E-state index contributed by atoms with van der Waals surface area (Å²) in [4.78, 5) is 36.4. The quantitative estimate of drug-likeness (QED) is 0.106. The van der Waals surface area contributed by atoms with Crippen LogP contribution in [0.1, 0.15) is 82.9 Å². The summed E-state index contributed by atoms with van der Waals surface area (Å²) in [5, 5.41) is 18.8. The van der Waals surface area contributed by atoms with Gasteiger partial charge in [0.05, 0.1) is 24.4 Å². The van der Waals surface area contributed by atoms with Crippen LogP contribution in [0.3, 0.4) is 0 Å². The Morgan fingerprint density at radius 3 is 2.36 bits per heavy atom. The number of nitrogens with zero attached hydrogens (tertiary/aromatic N) is 4. The number of hydrogen-bond acceptors (Lipinski definition) is 9. The molecular formula is C43H52N8O4. The first-order valence-electron chi connectivity index (χ1n) is 19.7. The lowest BCUT2D eigenvalue weighted by molar-refractivity contribution is 0.0904. The maximum absolute atomic E-state index is 13.6. The topological polar surface area (TPSA) is 144 Å². The minimum absolute atomic E-state index is 0.161. The second-order valence-corrected chi connectivity index (χ2v) is 14.4. The molecule has 0 atom stereocenters. The number of rotatable bonds is 14. The SMILES string of the molecule is CCc1nc2c(cnn2CC)c(NC2CCOCC2)c1CNC(=O)c1cccc(C(=O)NCc2ccc(OC)c(-c3cccc(CC4CCNCC4)c3)c2)n1. The summed E-state index contributed by atoms with van der Waals surface area (Å²) in [7, 11) is 1.68. The normalized spacial score (nSPS) is 15.2. The number of ether oxygens (including phenoxy) is 2. The van der Waals surface area contributed by atoms with Crippen LogP contribution >= 0.6 is 0 Å². The number of anilines is 1. The van der Waals surface area contributed by atoms with E-state index >= 15 is 0 Å². The molecule has 4 N–H and O–H groups in total. The molecule has 5 heterocycles. The van der Waals surface area contributed by atoms with E-state index in [-0.39, 0.29) is 42.3 Å². The molecule has 0 aliphatic carbocycles. The number of carbonyl (C=O) groups excluding carboxylic acids is 2. The van der Waals surface area contributed by atoms with E-state index in [9.17, 15) is 9.59 Å². The number of aryl methyl sites for hydroxylation is 2. The monoisotopic (exact) mass is 744 g/mol. The number of methoxy groups -OCH3 is 1. The van der Waals surface area contributed by atoms with Gasteiger partial charge in [0.2, 0.25) is 0 Å². The van der Waals surface area contributed by atoms with Crippen molar-refractivity contribution in [1.29, 1.82) is 0 Å². The van der Waals surface area contributed by atoms with Gasteiger partial charge < -0.3 is 30.7 Å². The van der Waals surface area contributed by atoms with Crippen LogP contribution in [0.2, 0.25) is 0 Å². The molecule has 2 aliphatic rings. The molecule has 0 unspecified atom stereocenters. The van der Waals surface area contributed by atoms with E-state index in [0.29, 0.717) is 32.1 Å². The molecule has 2 amide bonds. The summed E-state index contributed by atoms with van der Waals surface area (Å²) < 4.78 is 13.2. The number of hydrogen-bond donors (Lipinski definition) is 4. The molecule has 12 heteroatoms. The fraction of sp³-hybridized carbons (Fsp3) is 0.419. The Morgan fingerprint density at radius 1 is 0.891 bits per heavy atom.